The first-order valence-electron chi connectivity index (χ1n) is 6.64. The second-order valence-electron chi connectivity index (χ2n) is 5.20. The molecule has 3 rings (SSSR count). The van der Waals surface area contributed by atoms with Crippen LogP contribution in [-0.4, -0.2) is 18.0 Å². The summed E-state index contributed by atoms with van der Waals surface area (Å²) in [6, 6.07) is 5.43. The van der Waals surface area contributed by atoms with Crippen LogP contribution in [-0.2, 0) is 15.7 Å². The van der Waals surface area contributed by atoms with E-state index in [0.29, 0.717) is 6.04 Å². The lowest BCUT2D eigenvalue weighted by molar-refractivity contribution is 0.287. The number of hydrogen-bond donors (Lipinski definition) is 0. The molecule has 0 unspecified atom stereocenters. The largest absolute Gasteiger partial charge is 0.486 e. The van der Waals surface area contributed by atoms with Crippen molar-refractivity contribution in [2.45, 2.75) is 37.3 Å². The van der Waals surface area contributed by atoms with Crippen LogP contribution in [0.15, 0.2) is 35.6 Å². The number of rotatable bonds is 5. The van der Waals surface area contributed by atoms with Gasteiger partial charge in [0.05, 0.1) is 18.2 Å². The van der Waals surface area contributed by atoms with Crippen molar-refractivity contribution in [3.63, 3.8) is 0 Å². The van der Waals surface area contributed by atoms with Crippen molar-refractivity contribution in [1.29, 1.82) is 0 Å². The Hall–Kier alpha value is -1.53. The van der Waals surface area contributed by atoms with Gasteiger partial charge in [-0.05, 0) is 37.5 Å². The maximum Gasteiger partial charge on any atom is 0.264 e. The number of aromatic nitrogens is 2. The Labute approximate surface area is 127 Å². The Bertz CT molecular complexity index is 766. The molecule has 1 aromatic heterocycles. The minimum Gasteiger partial charge on any atom is -0.486 e. The van der Waals surface area contributed by atoms with Crippen molar-refractivity contribution in [2.24, 2.45) is 0 Å². The van der Waals surface area contributed by atoms with Crippen molar-refractivity contribution < 1.29 is 13.2 Å². The standard InChI is InChI=1S/C14H15ClN2O3S/c1-10-2-5-13(14(6-10)21(15,18)19)20-8-12-7-16-9-17(12)11-3-4-11/h2,5-7,9,11H,3-4,8H2,1H3. The SMILES string of the molecule is Cc1ccc(OCc2cncn2C2CC2)c(S(=O)(=O)Cl)c1. The smallest absolute Gasteiger partial charge is 0.264 e. The van der Waals surface area contributed by atoms with E-state index in [1.807, 2.05) is 0 Å². The van der Waals surface area contributed by atoms with Crippen LogP contribution in [0.2, 0.25) is 0 Å². The lowest BCUT2D eigenvalue weighted by Gasteiger charge is -2.11. The highest BCUT2D eigenvalue weighted by molar-refractivity contribution is 8.13. The molecule has 0 spiro atoms. The third kappa shape index (κ3) is 3.22. The topological polar surface area (TPSA) is 61.2 Å². The summed E-state index contributed by atoms with van der Waals surface area (Å²) in [5, 5.41) is 0. The minimum absolute atomic E-state index is 0.00153. The van der Waals surface area contributed by atoms with Gasteiger partial charge >= 0.3 is 0 Å². The first-order chi connectivity index (χ1) is 9.95. The molecule has 0 saturated heterocycles. The molecule has 1 aliphatic carbocycles. The molecule has 7 heteroatoms. The molecule has 2 aromatic rings. The normalized spacial score (nSPS) is 15.1. The van der Waals surface area contributed by atoms with Gasteiger partial charge < -0.3 is 9.30 Å². The van der Waals surface area contributed by atoms with Crippen LogP contribution < -0.4 is 4.74 Å². The molecule has 112 valence electrons. The maximum atomic E-state index is 11.6. The molecule has 0 amide bonds. The van der Waals surface area contributed by atoms with Gasteiger partial charge in [0.2, 0.25) is 0 Å². The Morgan fingerprint density at radius 1 is 1.43 bits per heavy atom. The van der Waals surface area contributed by atoms with Gasteiger partial charge in [0, 0.05) is 16.7 Å². The molecule has 1 heterocycles. The van der Waals surface area contributed by atoms with E-state index >= 15 is 0 Å². The zero-order chi connectivity index (χ0) is 15.0. The molecule has 0 N–H and O–H groups in total. The number of halogens is 1. The fourth-order valence-electron chi connectivity index (χ4n) is 2.20. The van der Waals surface area contributed by atoms with Gasteiger partial charge in [-0.2, -0.15) is 0 Å². The van der Waals surface area contributed by atoms with E-state index in [9.17, 15) is 8.42 Å². The summed E-state index contributed by atoms with van der Waals surface area (Å²) >= 11 is 0. The van der Waals surface area contributed by atoms with Gasteiger partial charge in [-0.1, -0.05) is 6.07 Å². The van der Waals surface area contributed by atoms with Crippen molar-refractivity contribution >= 4 is 19.7 Å². The highest BCUT2D eigenvalue weighted by Crippen LogP contribution is 2.36. The molecular formula is C14H15ClN2O3S. The fraction of sp³-hybridized carbons (Fsp3) is 0.357. The second-order valence-corrected chi connectivity index (χ2v) is 7.73. The van der Waals surface area contributed by atoms with Gasteiger partial charge in [-0.25, -0.2) is 13.4 Å². The van der Waals surface area contributed by atoms with Crippen LogP contribution >= 0.6 is 10.7 Å². The Morgan fingerprint density at radius 2 is 2.19 bits per heavy atom. The second kappa shape index (κ2) is 5.35. The zero-order valence-electron chi connectivity index (χ0n) is 11.5. The van der Waals surface area contributed by atoms with Gasteiger partial charge in [0.15, 0.2) is 0 Å². The lowest BCUT2D eigenvalue weighted by atomic mass is 10.2. The summed E-state index contributed by atoms with van der Waals surface area (Å²) in [6.07, 6.45) is 5.82. The number of aryl methyl sites for hydroxylation is 1. The fourth-order valence-corrected chi connectivity index (χ4v) is 3.26. The molecule has 5 nitrogen and oxygen atoms in total. The first kappa shape index (κ1) is 14.4. The van der Waals surface area contributed by atoms with Gasteiger partial charge in [0.25, 0.3) is 9.05 Å². The molecule has 0 radical (unpaired) electrons. The number of hydrogen-bond acceptors (Lipinski definition) is 4. The van der Waals surface area contributed by atoms with Crippen LogP contribution in [0.4, 0.5) is 0 Å². The monoisotopic (exact) mass is 326 g/mol. The highest BCUT2D eigenvalue weighted by Gasteiger charge is 2.25. The number of imidazole rings is 1. The Balaban J connectivity index is 1.83. The number of ether oxygens (including phenoxy) is 1. The Kier molecular flexibility index (Phi) is 3.67. The van der Waals surface area contributed by atoms with E-state index in [4.69, 9.17) is 15.4 Å². The predicted molar refractivity (Wildman–Crippen MR) is 79.0 cm³/mol. The van der Waals surface area contributed by atoms with Crippen LogP contribution in [0.3, 0.4) is 0 Å². The van der Waals surface area contributed by atoms with E-state index in [1.54, 1.807) is 31.6 Å². The average Bonchev–Trinajstić information content (AvgIpc) is 3.15. The molecule has 0 aliphatic heterocycles. The summed E-state index contributed by atoms with van der Waals surface area (Å²) in [5.74, 6) is 0.263. The summed E-state index contributed by atoms with van der Waals surface area (Å²) in [6.45, 7) is 2.07. The minimum atomic E-state index is -3.84. The summed E-state index contributed by atoms with van der Waals surface area (Å²) < 4.78 is 31.0. The first-order valence-corrected chi connectivity index (χ1v) is 8.95. The van der Waals surface area contributed by atoms with E-state index in [2.05, 4.69) is 9.55 Å². The van der Waals surface area contributed by atoms with Crippen molar-refractivity contribution in [1.82, 2.24) is 9.55 Å². The maximum absolute atomic E-state index is 11.6. The molecule has 1 fully saturated rings. The Morgan fingerprint density at radius 3 is 2.86 bits per heavy atom. The average molecular weight is 327 g/mol. The lowest BCUT2D eigenvalue weighted by Crippen LogP contribution is -2.05. The summed E-state index contributed by atoms with van der Waals surface area (Å²) in [5.41, 5.74) is 1.74. The van der Waals surface area contributed by atoms with Crippen molar-refractivity contribution in [3.05, 3.63) is 42.0 Å². The quantitative estimate of drug-likeness (QED) is 0.792. The number of nitrogens with zero attached hydrogens (tertiary/aromatic N) is 2. The van der Waals surface area contributed by atoms with E-state index < -0.39 is 9.05 Å². The summed E-state index contributed by atoms with van der Waals surface area (Å²) in [4.78, 5) is 4.12. The van der Waals surface area contributed by atoms with Gasteiger partial charge in [-0.15, -0.1) is 0 Å². The third-order valence-electron chi connectivity index (χ3n) is 3.42. The van der Waals surface area contributed by atoms with Gasteiger partial charge in [-0.3, -0.25) is 0 Å². The van der Waals surface area contributed by atoms with Gasteiger partial charge in [0.1, 0.15) is 17.3 Å². The van der Waals surface area contributed by atoms with E-state index in [1.165, 1.54) is 6.07 Å². The third-order valence-corrected chi connectivity index (χ3v) is 4.77. The molecule has 0 bridgehead atoms. The van der Waals surface area contributed by atoms with Crippen LogP contribution in [0.1, 0.15) is 30.1 Å². The summed E-state index contributed by atoms with van der Waals surface area (Å²) in [7, 11) is 1.63. The molecule has 0 atom stereocenters. The van der Waals surface area contributed by atoms with Crippen molar-refractivity contribution in [3.8, 4) is 5.75 Å². The molecule has 1 aromatic carbocycles. The van der Waals surface area contributed by atoms with E-state index in [-0.39, 0.29) is 17.3 Å². The van der Waals surface area contributed by atoms with E-state index in [0.717, 1.165) is 24.1 Å². The van der Waals surface area contributed by atoms with Crippen LogP contribution in [0, 0.1) is 6.92 Å². The molecule has 21 heavy (non-hydrogen) atoms. The number of benzene rings is 1. The molecule has 1 saturated carbocycles. The van der Waals surface area contributed by atoms with Crippen LogP contribution in [0.25, 0.3) is 0 Å². The van der Waals surface area contributed by atoms with Crippen molar-refractivity contribution in [2.75, 3.05) is 0 Å². The molecular weight excluding hydrogens is 312 g/mol. The predicted octanol–water partition coefficient (Wildman–Crippen LogP) is 3.03. The highest BCUT2D eigenvalue weighted by atomic mass is 35.7. The zero-order valence-corrected chi connectivity index (χ0v) is 13.1. The van der Waals surface area contributed by atoms with Crippen LogP contribution in [0.5, 0.6) is 5.75 Å². The molecule has 1 aliphatic rings.